The van der Waals surface area contributed by atoms with Gasteiger partial charge in [0.05, 0.1) is 10.0 Å². The van der Waals surface area contributed by atoms with Crippen molar-refractivity contribution in [1.82, 2.24) is 0 Å². The van der Waals surface area contributed by atoms with E-state index in [4.69, 9.17) is 98.0 Å². The molecule has 48 heavy (non-hydrogen) atoms. The van der Waals surface area contributed by atoms with Crippen LogP contribution in [-0.2, 0) is 9.59 Å². The van der Waals surface area contributed by atoms with Crippen LogP contribution in [0.5, 0.6) is 46.0 Å². The van der Waals surface area contributed by atoms with Crippen molar-refractivity contribution in [2.24, 2.45) is 0 Å². The lowest BCUT2D eigenvalue weighted by molar-refractivity contribution is -0.137. The number of rotatable bonds is 12. The molecule has 0 aromatic heterocycles. The minimum atomic E-state index is -0.727. The molecule has 5 rings (SSSR count). The van der Waals surface area contributed by atoms with Crippen LogP contribution >= 0.6 is 69.6 Å². The second kappa shape index (κ2) is 16.4. The number of esters is 2. The quantitative estimate of drug-likeness (QED) is 0.0915. The highest BCUT2D eigenvalue weighted by molar-refractivity contribution is 6.36. The molecular formula is C34H20Cl6O8. The second-order valence-electron chi connectivity index (χ2n) is 9.53. The molecule has 5 aromatic rings. The molecule has 0 saturated heterocycles. The predicted molar refractivity (Wildman–Crippen MR) is 185 cm³/mol. The number of carbonyl (C=O) groups excluding carboxylic acids is 2. The third kappa shape index (κ3) is 10.00. The summed E-state index contributed by atoms with van der Waals surface area (Å²) < 4.78 is 33.6. The van der Waals surface area contributed by atoms with Gasteiger partial charge in [-0.25, -0.2) is 9.59 Å². The molecule has 0 radical (unpaired) electrons. The third-order valence-corrected chi connectivity index (χ3v) is 7.56. The van der Waals surface area contributed by atoms with Crippen LogP contribution in [0.15, 0.2) is 97.1 Å². The van der Waals surface area contributed by atoms with Gasteiger partial charge in [-0.15, -0.1) is 0 Å². The summed E-state index contributed by atoms with van der Waals surface area (Å²) in [4.78, 5) is 25.2. The van der Waals surface area contributed by atoms with Gasteiger partial charge >= 0.3 is 11.9 Å². The highest BCUT2D eigenvalue weighted by atomic mass is 35.5. The molecule has 0 fully saturated rings. The van der Waals surface area contributed by atoms with Gasteiger partial charge in [0, 0.05) is 32.2 Å². The minimum Gasteiger partial charge on any atom is -0.482 e. The topological polar surface area (TPSA) is 89.5 Å². The first-order chi connectivity index (χ1) is 23.0. The van der Waals surface area contributed by atoms with Crippen LogP contribution in [0.2, 0.25) is 30.1 Å². The molecule has 0 atom stereocenters. The number of carbonyl (C=O) groups is 2. The molecule has 0 amide bonds. The average molecular weight is 769 g/mol. The van der Waals surface area contributed by atoms with E-state index < -0.39 is 25.2 Å². The molecule has 0 spiro atoms. The van der Waals surface area contributed by atoms with Crippen molar-refractivity contribution in [2.75, 3.05) is 13.2 Å². The Morgan fingerprint density at radius 1 is 0.417 bits per heavy atom. The molecule has 0 bridgehead atoms. The fourth-order valence-electron chi connectivity index (χ4n) is 3.87. The Kier molecular flexibility index (Phi) is 12.1. The van der Waals surface area contributed by atoms with Crippen LogP contribution in [0.3, 0.4) is 0 Å². The van der Waals surface area contributed by atoms with Crippen molar-refractivity contribution in [3.63, 3.8) is 0 Å². The number of hydrogen-bond donors (Lipinski definition) is 0. The van der Waals surface area contributed by atoms with E-state index in [2.05, 4.69) is 0 Å². The van der Waals surface area contributed by atoms with Crippen molar-refractivity contribution in [3.05, 3.63) is 127 Å². The van der Waals surface area contributed by atoms with Gasteiger partial charge in [0.25, 0.3) is 0 Å². The van der Waals surface area contributed by atoms with Crippen LogP contribution in [0.4, 0.5) is 0 Å². The van der Waals surface area contributed by atoms with Crippen LogP contribution in [0.25, 0.3) is 0 Å². The summed E-state index contributed by atoms with van der Waals surface area (Å²) in [5, 5.41) is 2.04. The Morgan fingerprint density at radius 3 is 1.10 bits per heavy atom. The first-order valence-electron chi connectivity index (χ1n) is 13.6. The van der Waals surface area contributed by atoms with Crippen molar-refractivity contribution >= 4 is 81.5 Å². The Bertz CT molecular complexity index is 1810. The highest BCUT2D eigenvalue weighted by Crippen LogP contribution is 2.39. The van der Waals surface area contributed by atoms with E-state index >= 15 is 0 Å². The predicted octanol–water partition coefficient (Wildman–Crippen LogP) is 11.2. The van der Waals surface area contributed by atoms with Crippen molar-refractivity contribution in [1.29, 1.82) is 0 Å². The molecule has 8 nitrogen and oxygen atoms in total. The van der Waals surface area contributed by atoms with E-state index in [0.717, 1.165) is 0 Å². The summed E-state index contributed by atoms with van der Waals surface area (Å²) in [6, 6.07) is 24.6. The van der Waals surface area contributed by atoms with Gasteiger partial charge in [-0.1, -0.05) is 69.6 Å². The van der Waals surface area contributed by atoms with Crippen LogP contribution < -0.4 is 28.4 Å². The number of benzene rings is 5. The summed E-state index contributed by atoms with van der Waals surface area (Å²) >= 11 is 36.5. The van der Waals surface area contributed by atoms with E-state index in [1.54, 1.807) is 60.7 Å². The molecule has 0 saturated carbocycles. The van der Waals surface area contributed by atoms with Crippen LogP contribution in [0, 0.1) is 0 Å². The van der Waals surface area contributed by atoms with Crippen molar-refractivity contribution in [3.8, 4) is 46.0 Å². The van der Waals surface area contributed by atoms with Gasteiger partial charge in [-0.3, -0.25) is 0 Å². The zero-order valence-electron chi connectivity index (χ0n) is 24.2. The molecule has 0 aliphatic carbocycles. The second-order valence-corrected chi connectivity index (χ2v) is 12.1. The normalized spacial score (nSPS) is 10.6. The van der Waals surface area contributed by atoms with Crippen LogP contribution in [-0.4, -0.2) is 25.2 Å². The van der Waals surface area contributed by atoms with Gasteiger partial charge in [-0.2, -0.15) is 0 Å². The molecule has 0 aliphatic heterocycles. The molecule has 0 heterocycles. The maximum atomic E-state index is 12.6. The smallest absolute Gasteiger partial charge is 0.349 e. The lowest BCUT2D eigenvalue weighted by Gasteiger charge is -2.14. The molecule has 5 aromatic carbocycles. The van der Waals surface area contributed by atoms with Gasteiger partial charge in [-0.05, 0) is 84.9 Å². The first kappa shape index (κ1) is 35.3. The fourth-order valence-corrected chi connectivity index (χ4v) is 5.08. The summed E-state index contributed by atoms with van der Waals surface area (Å²) in [5.41, 5.74) is 0. The highest BCUT2D eigenvalue weighted by Gasteiger charge is 2.17. The molecule has 14 heteroatoms. The summed E-state index contributed by atoms with van der Waals surface area (Å²) in [7, 11) is 0. The van der Waals surface area contributed by atoms with E-state index in [-0.39, 0.29) is 33.0 Å². The van der Waals surface area contributed by atoms with Crippen LogP contribution in [0.1, 0.15) is 0 Å². The Morgan fingerprint density at radius 2 is 0.750 bits per heavy atom. The van der Waals surface area contributed by atoms with E-state index in [1.165, 1.54) is 36.4 Å². The maximum absolute atomic E-state index is 12.6. The zero-order chi connectivity index (χ0) is 34.2. The van der Waals surface area contributed by atoms with E-state index in [0.29, 0.717) is 43.1 Å². The SMILES string of the molecule is O=C(COc1ccc(OCC(=O)Oc2cc(Cl)ccc2Oc2ccc(Cl)cc2Cl)cc1)Oc1cc(Cl)ccc1Oc1ccc(Cl)cc1Cl. The van der Waals surface area contributed by atoms with Gasteiger partial charge < -0.3 is 28.4 Å². The number of halogens is 6. The van der Waals surface area contributed by atoms with Crippen molar-refractivity contribution < 1.29 is 38.0 Å². The molecule has 246 valence electrons. The largest absolute Gasteiger partial charge is 0.482 e. The van der Waals surface area contributed by atoms with Gasteiger partial charge in [0.1, 0.15) is 23.0 Å². The summed E-state index contributed by atoms with van der Waals surface area (Å²) in [5.74, 6) is 0.323. The lowest BCUT2D eigenvalue weighted by Crippen LogP contribution is -2.18. The third-order valence-electron chi connectivity index (χ3n) is 6.02. The Balaban J connectivity index is 1.12. The number of ether oxygens (including phenoxy) is 6. The maximum Gasteiger partial charge on any atom is 0.349 e. The summed E-state index contributed by atoms with van der Waals surface area (Å²) in [6.45, 7) is -0.878. The van der Waals surface area contributed by atoms with Gasteiger partial charge in [0.2, 0.25) is 0 Å². The molecule has 0 unspecified atom stereocenters. The summed E-state index contributed by atoms with van der Waals surface area (Å²) in [6.07, 6.45) is 0. The fraction of sp³-hybridized carbons (Fsp3) is 0.0588. The molecular weight excluding hydrogens is 749 g/mol. The standard InChI is InChI=1S/C34H20Cl6O8/c35-19-1-9-27(25(39)13-19)45-29-11-3-21(37)15-31(29)47-33(41)17-43-23-5-7-24(8-6-23)44-18-34(42)48-32-16-22(38)4-12-30(32)46-28-10-2-20(36)14-26(28)40/h1-16H,17-18H2. The van der Waals surface area contributed by atoms with E-state index in [9.17, 15) is 9.59 Å². The molecule has 0 aliphatic rings. The first-order valence-corrected chi connectivity index (χ1v) is 15.9. The monoisotopic (exact) mass is 766 g/mol. The van der Waals surface area contributed by atoms with Gasteiger partial charge in [0.15, 0.2) is 36.2 Å². The zero-order valence-corrected chi connectivity index (χ0v) is 28.7. The Labute approximate surface area is 304 Å². The lowest BCUT2D eigenvalue weighted by atomic mass is 10.3. The Hall–Kier alpha value is -4.02. The average Bonchev–Trinajstić information content (AvgIpc) is 3.04. The van der Waals surface area contributed by atoms with E-state index in [1.807, 2.05) is 0 Å². The molecule has 0 N–H and O–H groups in total. The van der Waals surface area contributed by atoms with Crippen molar-refractivity contribution in [2.45, 2.75) is 0 Å². The minimum absolute atomic E-state index is 0.0583. The number of hydrogen-bond acceptors (Lipinski definition) is 8.